The van der Waals surface area contributed by atoms with Crippen LogP contribution in [-0.4, -0.2) is 35.0 Å². The monoisotopic (exact) mass is 382 g/mol. The minimum absolute atomic E-state index is 0.00717. The van der Waals surface area contributed by atoms with E-state index in [2.05, 4.69) is 15.5 Å². The van der Waals surface area contributed by atoms with Gasteiger partial charge in [-0.05, 0) is 39.0 Å². The van der Waals surface area contributed by atoms with Crippen LogP contribution in [0.25, 0.3) is 0 Å². The van der Waals surface area contributed by atoms with Crippen molar-refractivity contribution in [3.63, 3.8) is 0 Å². The number of anilines is 2. The lowest BCUT2D eigenvalue weighted by Gasteiger charge is -2.20. The second-order valence-corrected chi connectivity index (χ2v) is 6.94. The summed E-state index contributed by atoms with van der Waals surface area (Å²) >= 11 is 0. The molecule has 0 unspecified atom stereocenters. The van der Waals surface area contributed by atoms with Gasteiger partial charge in [-0.1, -0.05) is 5.10 Å². The molecule has 1 aromatic carbocycles. The van der Waals surface area contributed by atoms with Crippen LogP contribution in [0.2, 0.25) is 0 Å². The minimum Gasteiger partial charge on any atom is -0.491 e. The molecule has 146 valence electrons. The molecule has 1 aromatic heterocycles. The highest BCUT2D eigenvalue weighted by Crippen LogP contribution is 2.29. The van der Waals surface area contributed by atoms with E-state index in [1.54, 1.807) is 43.9 Å². The molecule has 0 atom stereocenters. The van der Waals surface area contributed by atoms with Gasteiger partial charge in [0.25, 0.3) is 5.89 Å². The lowest BCUT2D eigenvalue weighted by Crippen LogP contribution is -2.27. The molecule has 8 nitrogen and oxygen atoms in total. The molecule has 0 aliphatic carbocycles. The first-order valence-corrected chi connectivity index (χ1v) is 8.33. The minimum atomic E-state index is -2.83. The number of alkyl halides is 2. The normalized spacial score (nSPS) is 14.4. The van der Waals surface area contributed by atoms with Gasteiger partial charge in [0.15, 0.2) is 0 Å². The van der Waals surface area contributed by atoms with Gasteiger partial charge in [0, 0.05) is 11.3 Å². The summed E-state index contributed by atoms with van der Waals surface area (Å²) in [6.45, 7) is 6.31. The smallest absolute Gasteiger partial charge is 0.412 e. The number of halogens is 2. The van der Waals surface area contributed by atoms with Crippen LogP contribution < -0.4 is 15.0 Å². The quantitative estimate of drug-likeness (QED) is 0.864. The number of hydrogen-bond donors (Lipinski definition) is 1. The van der Waals surface area contributed by atoms with Crippen molar-refractivity contribution in [3.05, 3.63) is 29.7 Å². The molecule has 1 N–H and O–H groups in total. The fourth-order valence-electron chi connectivity index (χ4n) is 2.50. The van der Waals surface area contributed by atoms with E-state index in [9.17, 15) is 13.6 Å². The number of amides is 1. The number of fused-ring (bicyclic) bond motifs is 1. The first kappa shape index (κ1) is 18.9. The van der Waals surface area contributed by atoms with E-state index in [-0.39, 0.29) is 6.01 Å². The van der Waals surface area contributed by atoms with Gasteiger partial charge in [0.2, 0.25) is 0 Å². The number of rotatable bonds is 3. The molecule has 1 aliphatic rings. The summed E-state index contributed by atoms with van der Waals surface area (Å²) in [7, 11) is 0. The van der Waals surface area contributed by atoms with Crippen LogP contribution in [0.1, 0.15) is 38.7 Å². The number of nitrogens with one attached hydrogen (secondary N) is 1. The van der Waals surface area contributed by atoms with E-state index in [4.69, 9.17) is 13.9 Å². The summed E-state index contributed by atoms with van der Waals surface area (Å²) in [6.07, 6.45) is -3.40. The second-order valence-electron chi connectivity index (χ2n) is 6.94. The number of carbonyl (C=O) groups excluding carboxylic acids is 1. The van der Waals surface area contributed by atoms with Gasteiger partial charge in [-0.3, -0.25) is 5.32 Å². The van der Waals surface area contributed by atoms with Crippen LogP contribution in [0.15, 0.2) is 22.6 Å². The zero-order chi connectivity index (χ0) is 19.6. The number of aromatic nitrogens is 2. The molecule has 27 heavy (non-hydrogen) atoms. The molecule has 0 saturated heterocycles. The van der Waals surface area contributed by atoms with Crippen LogP contribution >= 0.6 is 0 Å². The van der Waals surface area contributed by atoms with Crippen LogP contribution in [0.5, 0.6) is 5.75 Å². The number of hydrogen-bond acceptors (Lipinski definition) is 7. The van der Waals surface area contributed by atoms with Gasteiger partial charge in [0.1, 0.15) is 18.0 Å². The molecule has 0 saturated carbocycles. The van der Waals surface area contributed by atoms with Crippen LogP contribution in [0.4, 0.5) is 25.3 Å². The molecule has 0 spiro atoms. The van der Waals surface area contributed by atoms with E-state index in [0.29, 0.717) is 31.1 Å². The van der Waals surface area contributed by atoms with Gasteiger partial charge in [-0.15, -0.1) is 5.10 Å². The predicted octanol–water partition coefficient (Wildman–Crippen LogP) is 3.75. The zero-order valence-electron chi connectivity index (χ0n) is 15.2. The Hall–Kier alpha value is -2.91. The highest BCUT2D eigenvalue weighted by Gasteiger charge is 2.24. The molecule has 10 heteroatoms. The molecule has 3 rings (SSSR count). The van der Waals surface area contributed by atoms with Crippen molar-refractivity contribution in [2.45, 2.75) is 39.3 Å². The lowest BCUT2D eigenvalue weighted by atomic mass is 10.1. The Labute approximate surface area is 154 Å². The third-order valence-electron chi connectivity index (χ3n) is 3.57. The number of nitrogens with zero attached hydrogens (tertiary/aromatic N) is 3. The largest absolute Gasteiger partial charge is 0.491 e. The lowest BCUT2D eigenvalue weighted by molar-refractivity contribution is 0.0636. The van der Waals surface area contributed by atoms with E-state index in [1.165, 1.54) is 0 Å². The molecule has 1 amide bonds. The maximum atomic E-state index is 12.7. The van der Waals surface area contributed by atoms with Crippen LogP contribution in [-0.2, 0) is 11.3 Å². The van der Waals surface area contributed by atoms with Gasteiger partial charge >= 0.3 is 18.5 Å². The second kappa shape index (κ2) is 7.37. The Morgan fingerprint density at radius 2 is 2.11 bits per heavy atom. The van der Waals surface area contributed by atoms with E-state index < -0.39 is 24.0 Å². The van der Waals surface area contributed by atoms with Crippen molar-refractivity contribution in [3.8, 4) is 5.75 Å². The highest BCUT2D eigenvalue weighted by molar-refractivity contribution is 5.85. The Kier molecular flexibility index (Phi) is 5.15. The molecular weight excluding hydrogens is 362 g/mol. The summed E-state index contributed by atoms with van der Waals surface area (Å²) in [5.41, 5.74) is 0.640. The Morgan fingerprint density at radius 1 is 1.33 bits per heavy atom. The fourth-order valence-corrected chi connectivity index (χ4v) is 2.50. The van der Waals surface area contributed by atoms with Gasteiger partial charge in [-0.2, -0.15) is 8.78 Å². The average molecular weight is 382 g/mol. The van der Waals surface area contributed by atoms with Crippen molar-refractivity contribution < 1.29 is 27.5 Å². The SMILES string of the molecule is CC(C)(C)OC(=O)Nc1ccc2c(c1)CN(c1nnc(C(F)F)o1)CCO2. The third kappa shape index (κ3) is 4.83. The highest BCUT2D eigenvalue weighted by atomic mass is 19.3. The molecule has 0 fully saturated rings. The summed E-state index contributed by atoms with van der Waals surface area (Å²) in [6, 6.07) is 5.14. The van der Waals surface area contributed by atoms with E-state index in [1.807, 2.05) is 0 Å². The molecule has 2 aromatic rings. The predicted molar refractivity (Wildman–Crippen MR) is 92.1 cm³/mol. The maximum absolute atomic E-state index is 12.7. The number of benzene rings is 1. The molecule has 2 heterocycles. The standard InChI is InChI=1S/C17H20F2N4O4/c1-17(2,3)27-16(24)20-11-4-5-12-10(8-11)9-23(6-7-25-12)15-22-21-14(26-15)13(18)19/h4-5,8,13H,6-7,9H2,1-3H3,(H,20,24). The number of ether oxygens (including phenoxy) is 2. The van der Waals surface area contributed by atoms with Crippen molar-refractivity contribution in [1.29, 1.82) is 0 Å². The van der Waals surface area contributed by atoms with Crippen molar-refractivity contribution >= 4 is 17.8 Å². The Bertz CT molecular complexity index is 820. The maximum Gasteiger partial charge on any atom is 0.412 e. The fraction of sp³-hybridized carbons (Fsp3) is 0.471. The average Bonchev–Trinajstić information content (AvgIpc) is 2.95. The molecular formula is C17H20F2N4O4. The Morgan fingerprint density at radius 3 is 2.78 bits per heavy atom. The van der Waals surface area contributed by atoms with Crippen molar-refractivity contribution in [2.75, 3.05) is 23.4 Å². The van der Waals surface area contributed by atoms with Gasteiger partial charge in [0.05, 0.1) is 13.1 Å². The zero-order valence-corrected chi connectivity index (χ0v) is 15.2. The third-order valence-corrected chi connectivity index (χ3v) is 3.57. The topological polar surface area (TPSA) is 89.7 Å². The van der Waals surface area contributed by atoms with Crippen LogP contribution in [0, 0.1) is 0 Å². The molecule has 1 aliphatic heterocycles. The van der Waals surface area contributed by atoms with Gasteiger partial charge in [-0.25, -0.2) is 4.79 Å². The summed E-state index contributed by atoms with van der Waals surface area (Å²) in [4.78, 5) is 13.6. The Balaban J connectivity index is 1.76. The summed E-state index contributed by atoms with van der Waals surface area (Å²) in [5, 5.41) is 9.67. The summed E-state index contributed by atoms with van der Waals surface area (Å²) < 4.78 is 41.2. The van der Waals surface area contributed by atoms with Crippen LogP contribution in [0.3, 0.4) is 0 Å². The van der Waals surface area contributed by atoms with E-state index >= 15 is 0 Å². The molecule has 0 bridgehead atoms. The van der Waals surface area contributed by atoms with E-state index in [0.717, 1.165) is 5.56 Å². The van der Waals surface area contributed by atoms with Crippen molar-refractivity contribution in [2.24, 2.45) is 0 Å². The summed E-state index contributed by atoms with van der Waals surface area (Å²) in [5.74, 6) is -0.100. The first-order chi connectivity index (χ1) is 12.7. The first-order valence-electron chi connectivity index (χ1n) is 8.33. The van der Waals surface area contributed by atoms with Crippen molar-refractivity contribution in [1.82, 2.24) is 10.2 Å². The number of carbonyl (C=O) groups is 1. The molecule has 0 radical (unpaired) electrons. The van der Waals surface area contributed by atoms with Gasteiger partial charge < -0.3 is 18.8 Å².